The topological polar surface area (TPSA) is 91.7 Å². The molecule has 44 heavy (non-hydrogen) atoms. The smallest absolute Gasteiger partial charge is 0.308 e. The fraction of sp³-hybridized carbons (Fsp3) is 0.273. The standard InChI is InChI=1S/C33H31ClN4O4S2/c1-4-36(5-2)23-16-8-20(9-17-23)26-27-28(31(41)38(30(27)40)24-14-6-19(3)7-15-24)43-32-29(26)44-33(42)37(32)18-25(39)35-22-12-10-21(34)11-13-22/h6-17,26-28H,4-5,18H2,1-3H3,(H,35,39). The van der Waals surface area contributed by atoms with Crippen LogP contribution in [-0.4, -0.2) is 40.6 Å². The molecule has 0 saturated carbocycles. The van der Waals surface area contributed by atoms with E-state index in [1.165, 1.54) is 21.2 Å². The Kier molecular flexibility index (Phi) is 8.41. The average molecular weight is 647 g/mol. The third-order valence-electron chi connectivity index (χ3n) is 8.15. The van der Waals surface area contributed by atoms with E-state index >= 15 is 0 Å². The number of thioether (sulfide) groups is 1. The summed E-state index contributed by atoms with van der Waals surface area (Å²) in [5, 5.41) is 3.16. The van der Waals surface area contributed by atoms with Gasteiger partial charge in [0.15, 0.2) is 0 Å². The van der Waals surface area contributed by atoms with Crippen LogP contribution in [-0.2, 0) is 20.9 Å². The van der Waals surface area contributed by atoms with Crippen molar-refractivity contribution in [3.05, 3.63) is 103 Å². The van der Waals surface area contributed by atoms with Crippen molar-refractivity contribution < 1.29 is 14.4 Å². The molecule has 1 fully saturated rings. The number of nitrogens with zero attached hydrogens (tertiary/aromatic N) is 3. The number of amides is 3. The Balaban J connectivity index is 1.41. The molecule has 3 unspecified atom stereocenters. The second kappa shape index (κ2) is 12.3. The quantitative estimate of drug-likeness (QED) is 0.231. The lowest BCUT2D eigenvalue weighted by Crippen LogP contribution is -2.33. The van der Waals surface area contributed by atoms with E-state index in [2.05, 4.69) is 24.1 Å². The highest BCUT2D eigenvalue weighted by atomic mass is 35.5. The predicted octanol–water partition coefficient (Wildman–Crippen LogP) is 6.15. The second-order valence-electron chi connectivity index (χ2n) is 10.8. The Hall–Kier alpha value is -3.86. The summed E-state index contributed by atoms with van der Waals surface area (Å²) in [6.45, 7) is 7.62. The number of imide groups is 1. The van der Waals surface area contributed by atoms with Crippen LogP contribution >= 0.6 is 34.7 Å². The number of fused-ring (bicyclic) bond motifs is 2. The van der Waals surface area contributed by atoms with Gasteiger partial charge < -0.3 is 10.2 Å². The van der Waals surface area contributed by atoms with Crippen molar-refractivity contribution in [1.82, 2.24) is 4.57 Å². The van der Waals surface area contributed by atoms with E-state index in [9.17, 15) is 19.2 Å². The van der Waals surface area contributed by atoms with Crippen molar-refractivity contribution >= 4 is 69.5 Å². The second-order valence-corrected chi connectivity index (χ2v) is 13.4. The fourth-order valence-electron chi connectivity index (χ4n) is 5.92. The monoisotopic (exact) mass is 646 g/mol. The normalized spacial score (nSPS) is 19.1. The molecule has 1 N–H and O–H groups in total. The van der Waals surface area contributed by atoms with Crippen molar-refractivity contribution in [2.75, 3.05) is 28.2 Å². The molecule has 6 rings (SSSR count). The van der Waals surface area contributed by atoms with E-state index in [1.807, 2.05) is 43.3 Å². The molecular weight excluding hydrogens is 616 g/mol. The first-order valence-electron chi connectivity index (χ1n) is 14.4. The number of aryl methyl sites for hydroxylation is 1. The highest BCUT2D eigenvalue weighted by Crippen LogP contribution is 2.54. The molecule has 8 nitrogen and oxygen atoms in total. The zero-order chi connectivity index (χ0) is 31.1. The van der Waals surface area contributed by atoms with Crippen LogP contribution in [0.1, 0.15) is 35.8 Å². The molecule has 11 heteroatoms. The van der Waals surface area contributed by atoms with Gasteiger partial charge in [-0.1, -0.05) is 64.5 Å². The van der Waals surface area contributed by atoms with Gasteiger partial charge in [-0.25, -0.2) is 4.90 Å². The lowest BCUT2D eigenvalue weighted by molar-refractivity contribution is -0.122. The van der Waals surface area contributed by atoms with Crippen molar-refractivity contribution in [3.63, 3.8) is 0 Å². The number of rotatable bonds is 8. The van der Waals surface area contributed by atoms with Crippen LogP contribution < -0.4 is 20.0 Å². The maximum Gasteiger partial charge on any atom is 0.308 e. The van der Waals surface area contributed by atoms with Crippen LogP contribution in [0.25, 0.3) is 0 Å². The van der Waals surface area contributed by atoms with Gasteiger partial charge >= 0.3 is 4.87 Å². The molecule has 0 aliphatic carbocycles. The third-order valence-corrected chi connectivity index (χ3v) is 11.0. The Morgan fingerprint density at radius 1 is 0.909 bits per heavy atom. The molecule has 0 radical (unpaired) electrons. The number of thiazole rings is 1. The zero-order valence-corrected chi connectivity index (χ0v) is 26.8. The minimum atomic E-state index is -0.747. The minimum Gasteiger partial charge on any atom is -0.372 e. The molecule has 3 aromatic carbocycles. The molecule has 0 bridgehead atoms. The Labute approximate surface area is 268 Å². The van der Waals surface area contributed by atoms with E-state index in [0.29, 0.717) is 26.3 Å². The summed E-state index contributed by atoms with van der Waals surface area (Å²) in [5.41, 5.74) is 4.01. The molecule has 226 valence electrons. The van der Waals surface area contributed by atoms with Gasteiger partial charge in [-0.3, -0.25) is 23.7 Å². The summed E-state index contributed by atoms with van der Waals surface area (Å²) in [7, 11) is 0. The number of carbonyl (C=O) groups is 3. The van der Waals surface area contributed by atoms with Gasteiger partial charge in [-0.2, -0.15) is 0 Å². The number of halogens is 1. The van der Waals surface area contributed by atoms with E-state index in [4.69, 9.17) is 11.6 Å². The number of benzene rings is 3. The molecule has 2 aliphatic heterocycles. The summed E-state index contributed by atoms with van der Waals surface area (Å²) >= 11 is 8.22. The molecule has 4 aromatic rings. The fourth-order valence-corrected chi connectivity index (χ4v) is 8.82. The first kappa shape index (κ1) is 30.2. The van der Waals surface area contributed by atoms with Crippen LogP contribution in [0.2, 0.25) is 5.02 Å². The van der Waals surface area contributed by atoms with Crippen LogP contribution in [0.5, 0.6) is 0 Å². The highest BCUT2D eigenvalue weighted by molar-refractivity contribution is 8.00. The molecule has 2 aliphatic rings. The van der Waals surface area contributed by atoms with Crippen molar-refractivity contribution in [3.8, 4) is 0 Å². The maximum atomic E-state index is 14.1. The molecule has 3 heterocycles. The Morgan fingerprint density at radius 2 is 1.57 bits per heavy atom. The molecular formula is C33H31ClN4O4S2. The summed E-state index contributed by atoms with van der Waals surface area (Å²) in [4.78, 5) is 58.5. The van der Waals surface area contributed by atoms with Crippen LogP contribution in [0.4, 0.5) is 17.1 Å². The number of anilines is 3. The summed E-state index contributed by atoms with van der Waals surface area (Å²) in [6.07, 6.45) is 0. The molecule has 3 amide bonds. The molecule has 0 spiro atoms. The van der Waals surface area contributed by atoms with E-state index < -0.39 is 17.1 Å². The molecule has 3 atom stereocenters. The van der Waals surface area contributed by atoms with Crippen molar-refractivity contribution in [2.45, 2.75) is 43.5 Å². The SMILES string of the molecule is CCN(CC)c1ccc(C2c3sc(=O)n(CC(=O)Nc4ccc(Cl)cc4)c3SC3C(=O)N(c4ccc(C)cc4)C(=O)C32)cc1. The first-order chi connectivity index (χ1) is 21.2. The van der Waals surface area contributed by atoms with Gasteiger partial charge in [0.05, 0.1) is 16.6 Å². The van der Waals surface area contributed by atoms with Crippen LogP contribution in [0.3, 0.4) is 0 Å². The largest absolute Gasteiger partial charge is 0.372 e. The van der Waals surface area contributed by atoms with Crippen molar-refractivity contribution in [2.24, 2.45) is 5.92 Å². The Bertz CT molecular complexity index is 1780. The van der Waals surface area contributed by atoms with Gasteiger partial charge in [0, 0.05) is 40.3 Å². The average Bonchev–Trinajstić information content (AvgIpc) is 3.46. The lowest BCUT2D eigenvalue weighted by atomic mass is 9.83. The summed E-state index contributed by atoms with van der Waals surface area (Å²) < 4.78 is 1.43. The van der Waals surface area contributed by atoms with Gasteiger partial charge in [0.2, 0.25) is 17.7 Å². The predicted molar refractivity (Wildman–Crippen MR) is 177 cm³/mol. The summed E-state index contributed by atoms with van der Waals surface area (Å²) in [6, 6.07) is 22.1. The first-order valence-corrected chi connectivity index (χ1v) is 16.5. The molecule has 1 saturated heterocycles. The van der Waals surface area contributed by atoms with Gasteiger partial charge in [0.25, 0.3) is 0 Å². The highest BCUT2D eigenvalue weighted by Gasteiger charge is 2.56. The Morgan fingerprint density at radius 3 is 2.20 bits per heavy atom. The van der Waals surface area contributed by atoms with E-state index in [0.717, 1.165) is 41.2 Å². The lowest BCUT2D eigenvalue weighted by Gasteiger charge is -2.31. The number of hydrogen-bond acceptors (Lipinski definition) is 7. The van der Waals surface area contributed by atoms with Crippen LogP contribution in [0, 0.1) is 12.8 Å². The van der Waals surface area contributed by atoms with E-state index in [1.54, 1.807) is 36.4 Å². The number of hydrogen-bond donors (Lipinski definition) is 1. The zero-order valence-electron chi connectivity index (χ0n) is 24.5. The number of nitrogens with one attached hydrogen (secondary N) is 1. The maximum absolute atomic E-state index is 14.1. The number of aromatic nitrogens is 1. The minimum absolute atomic E-state index is 0.227. The van der Waals surface area contributed by atoms with Crippen molar-refractivity contribution in [1.29, 1.82) is 0 Å². The van der Waals surface area contributed by atoms with Crippen LogP contribution in [0.15, 0.2) is 82.6 Å². The molecule has 1 aromatic heterocycles. The van der Waals surface area contributed by atoms with Gasteiger partial charge in [-0.15, -0.1) is 0 Å². The number of carbonyl (C=O) groups excluding carboxylic acids is 3. The van der Waals surface area contributed by atoms with E-state index in [-0.39, 0.29) is 29.1 Å². The van der Waals surface area contributed by atoms with Gasteiger partial charge in [-0.05, 0) is 74.9 Å². The third kappa shape index (κ3) is 5.46. The summed E-state index contributed by atoms with van der Waals surface area (Å²) in [5.74, 6) is -2.21. The van der Waals surface area contributed by atoms with Gasteiger partial charge in [0.1, 0.15) is 11.8 Å².